The number of alkyl halides is 3. The summed E-state index contributed by atoms with van der Waals surface area (Å²) >= 11 is 1.39. The number of anilines is 2. The molecule has 0 aliphatic heterocycles. The third kappa shape index (κ3) is 3.51. The van der Waals surface area contributed by atoms with Gasteiger partial charge in [0.05, 0.1) is 17.7 Å². The Hall–Kier alpha value is -1.94. The highest BCUT2D eigenvalue weighted by atomic mass is 32.1. The number of rotatable bonds is 4. The second-order valence-corrected chi connectivity index (χ2v) is 4.16. The number of nitrogen functional groups attached to an aromatic ring is 1. The zero-order valence-corrected chi connectivity index (χ0v) is 10.2. The van der Waals surface area contributed by atoms with Crippen LogP contribution in [-0.2, 0) is 12.7 Å². The number of nitrogens with one attached hydrogen (secondary N) is 2. The minimum absolute atomic E-state index is 0.0169. The number of nitrogens with zero attached hydrogens (tertiary/aromatic N) is 3. The van der Waals surface area contributed by atoms with Crippen LogP contribution >= 0.6 is 11.3 Å². The lowest BCUT2D eigenvalue weighted by atomic mass is 10.4. The van der Waals surface area contributed by atoms with Crippen LogP contribution in [0.2, 0.25) is 0 Å². The van der Waals surface area contributed by atoms with Crippen LogP contribution < -0.4 is 16.6 Å². The number of thiazole rings is 1. The predicted molar refractivity (Wildman–Crippen MR) is 64.3 cm³/mol. The quantitative estimate of drug-likeness (QED) is 0.588. The maximum absolute atomic E-state index is 12.6. The Balaban J connectivity index is 2.19. The van der Waals surface area contributed by atoms with Gasteiger partial charge >= 0.3 is 6.18 Å². The van der Waals surface area contributed by atoms with E-state index in [9.17, 15) is 13.2 Å². The van der Waals surface area contributed by atoms with Crippen molar-refractivity contribution >= 4 is 23.0 Å². The van der Waals surface area contributed by atoms with Crippen LogP contribution in [0.25, 0.3) is 0 Å². The summed E-state index contributed by atoms with van der Waals surface area (Å²) in [5, 5.41) is 4.51. The molecule has 0 fully saturated rings. The number of nitrogens with two attached hydrogens (primary N) is 1. The van der Waals surface area contributed by atoms with E-state index < -0.39 is 12.0 Å². The van der Waals surface area contributed by atoms with Crippen molar-refractivity contribution in [2.45, 2.75) is 12.7 Å². The molecule has 2 aromatic heterocycles. The van der Waals surface area contributed by atoms with Crippen molar-refractivity contribution in [3.63, 3.8) is 0 Å². The maximum atomic E-state index is 12.6. The molecule has 0 spiro atoms. The van der Waals surface area contributed by atoms with Crippen molar-refractivity contribution in [1.29, 1.82) is 0 Å². The van der Waals surface area contributed by atoms with E-state index in [0.29, 0.717) is 5.69 Å². The third-order valence-corrected chi connectivity index (χ3v) is 2.70. The minimum Gasteiger partial charge on any atom is -0.364 e. The molecule has 0 bridgehead atoms. The Labute approximate surface area is 109 Å². The van der Waals surface area contributed by atoms with Gasteiger partial charge in [-0.1, -0.05) is 0 Å². The monoisotopic (exact) mass is 290 g/mol. The van der Waals surface area contributed by atoms with E-state index in [4.69, 9.17) is 5.84 Å². The first kappa shape index (κ1) is 13.5. The molecule has 0 saturated carbocycles. The Morgan fingerprint density at radius 2 is 2.00 bits per heavy atom. The molecule has 0 atom stereocenters. The van der Waals surface area contributed by atoms with Gasteiger partial charge in [0.2, 0.25) is 5.82 Å². The summed E-state index contributed by atoms with van der Waals surface area (Å²) in [5.41, 5.74) is 4.41. The van der Waals surface area contributed by atoms with E-state index in [0.717, 1.165) is 0 Å². The second-order valence-electron chi connectivity index (χ2n) is 3.44. The first-order valence-electron chi connectivity index (χ1n) is 5.03. The van der Waals surface area contributed by atoms with Crippen LogP contribution in [0.3, 0.4) is 0 Å². The molecule has 0 aliphatic rings. The number of hydrogen-bond donors (Lipinski definition) is 3. The Morgan fingerprint density at radius 1 is 1.26 bits per heavy atom. The largest absolute Gasteiger partial charge is 0.451 e. The van der Waals surface area contributed by atoms with Crippen molar-refractivity contribution in [3.05, 3.63) is 28.5 Å². The molecule has 0 amide bonds. The molecular weight excluding hydrogens is 281 g/mol. The molecule has 10 heteroatoms. The molecule has 2 aromatic rings. The van der Waals surface area contributed by atoms with Crippen LogP contribution in [-0.4, -0.2) is 15.0 Å². The topological polar surface area (TPSA) is 88.8 Å². The van der Waals surface area contributed by atoms with Gasteiger partial charge in [-0.3, -0.25) is 0 Å². The van der Waals surface area contributed by atoms with Gasteiger partial charge in [0.25, 0.3) is 0 Å². The Bertz CT molecular complexity index is 541. The van der Waals surface area contributed by atoms with Crippen LogP contribution in [0.1, 0.15) is 11.5 Å². The van der Waals surface area contributed by atoms with Crippen LogP contribution in [0.15, 0.2) is 17.0 Å². The van der Waals surface area contributed by atoms with Crippen molar-refractivity contribution in [2.24, 2.45) is 5.84 Å². The van der Waals surface area contributed by atoms with E-state index >= 15 is 0 Å². The molecule has 0 saturated heterocycles. The lowest BCUT2D eigenvalue weighted by molar-refractivity contribution is -0.144. The van der Waals surface area contributed by atoms with Gasteiger partial charge in [-0.2, -0.15) is 13.2 Å². The second kappa shape index (κ2) is 5.36. The fraction of sp³-hybridized carbons (Fsp3) is 0.222. The summed E-state index contributed by atoms with van der Waals surface area (Å²) in [5.74, 6) is 3.71. The fourth-order valence-electron chi connectivity index (χ4n) is 1.24. The summed E-state index contributed by atoms with van der Waals surface area (Å²) in [6, 6.07) is 1.28. The fourth-order valence-corrected chi connectivity index (χ4v) is 1.80. The molecule has 0 unspecified atom stereocenters. The van der Waals surface area contributed by atoms with Crippen LogP contribution in [0, 0.1) is 0 Å². The van der Waals surface area contributed by atoms with E-state index in [1.54, 1.807) is 10.9 Å². The van der Waals surface area contributed by atoms with Crippen molar-refractivity contribution in [1.82, 2.24) is 15.0 Å². The molecule has 102 valence electrons. The number of hydrazine groups is 1. The van der Waals surface area contributed by atoms with E-state index in [1.807, 2.05) is 0 Å². The highest BCUT2D eigenvalue weighted by Gasteiger charge is 2.35. The molecule has 0 aliphatic carbocycles. The smallest absolute Gasteiger partial charge is 0.364 e. The molecule has 0 aromatic carbocycles. The molecule has 6 nitrogen and oxygen atoms in total. The molecule has 0 radical (unpaired) electrons. The van der Waals surface area contributed by atoms with Gasteiger partial charge in [0, 0.05) is 11.4 Å². The van der Waals surface area contributed by atoms with Gasteiger partial charge in [-0.25, -0.2) is 20.8 Å². The minimum atomic E-state index is -4.63. The summed E-state index contributed by atoms with van der Waals surface area (Å²) in [6.07, 6.45) is -4.63. The number of hydrogen-bond acceptors (Lipinski definition) is 7. The molecular formula is C9H9F3N6S. The molecule has 4 N–H and O–H groups in total. The predicted octanol–water partition coefficient (Wildman–Crippen LogP) is 1.85. The summed E-state index contributed by atoms with van der Waals surface area (Å²) in [7, 11) is 0. The zero-order chi connectivity index (χ0) is 13.9. The highest BCUT2D eigenvalue weighted by Crippen LogP contribution is 2.28. The first-order valence-corrected chi connectivity index (χ1v) is 5.97. The molecule has 2 heterocycles. The van der Waals surface area contributed by atoms with Crippen molar-refractivity contribution in [2.75, 3.05) is 10.7 Å². The van der Waals surface area contributed by atoms with E-state index in [2.05, 4.69) is 25.7 Å². The Morgan fingerprint density at radius 3 is 2.58 bits per heavy atom. The number of halogens is 3. The SMILES string of the molecule is NNc1cc(NCc2cscn2)nc(C(F)(F)F)n1. The van der Waals surface area contributed by atoms with Crippen LogP contribution in [0.4, 0.5) is 24.8 Å². The lowest BCUT2D eigenvalue weighted by Gasteiger charge is -2.10. The van der Waals surface area contributed by atoms with Crippen LogP contribution in [0.5, 0.6) is 0 Å². The first-order chi connectivity index (χ1) is 8.99. The summed E-state index contributed by atoms with van der Waals surface area (Å²) in [4.78, 5) is 10.6. The third-order valence-electron chi connectivity index (χ3n) is 2.06. The van der Waals surface area contributed by atoms with Gasteiger partial charge < -0.3 is 10.7 Å². The molecule has 2 rings (SSSR count). The maximum Gasteiger partial charge on any atom is 0.451 e. The van der Waals surface area contributed by atoms with Gasteiger partial charge in [0.15, 0.2) is 0 Å². The van der Waals surface area contributed by atoms with E-state index in [1.165, 1.54) is 17.4 Å². The average molecular weight is 290 g/mol. The standard InChI is InChI=1S/C9H9F3N6S/c10-9(11,12)8-16-6(1-7(17-8)18-13)14-2-5-3-19-4-15-5/h1,3-4H,2,13H2,(H2,14,16,17,18). The zero-order valence-electron chi connectivity index (χ0n) is 9.40. The Kier molecular flexibility index (Phi) is 3.81. The lowest BCUT2D eigenvalue weighted by Crippen LogP contribution is -2.17. The summed E-state index contributed by atoms with van der Waals surface area (Å²) in [6.45, 7) is 0.266. The van der Waals surface area contributed by atoms with Gasteiger partial charge in [-0.15, -0.1) is 11.3 Å². The van der Waals surface area contributed by atoms with Gasteiger partial charge in [-0.05, 0) is 0 Å². The normalized spacial score (nSPS) is 11.4. The highest BCUT2D eigenvalue weighted by molar-refractivity contribution is 7.07. The van der Waals surface area contributed by atoms with Gasteiger partial charge in [0.1, 0.15) is 11.6 Å². The average Bonchev–Trinajstić information content (AvgIpc) is 2.88. The molecule has 19 heavy (non-hydrogen) atoms. The van der Waals surface area contributed by atoms with Crippen molar-refractivity contribution < 1.29 is 13.2 Å². The summed E-state index contributed by atoms with van der Waals surface area (Å²) < 4.78 is 37.7. The van der Waals surface area contributed by atoms with E-state index in [-0.39, 0.29) is 18.2 Å². The number of aromatic nitrogens is 3. The van der Waals surface area contributed by atoms with Crippen molar-refractivity contribution in [3.8, 4) is 0 Å².